The van der Waals surface area contributed by atoms with E-state index in [-0.39, 0.29) is 24.6 Å². The van der Waals surface area contributed by atoms with Crippen LogP contribution in [0.5, 0.6) is 5.75 Å². The summed E-state index contributed by atoms with van der Waals surface area (Å²) < 4.78 is 16.0. The van der Waals surface area contributed by atoms with Crippen LogP contribution in [0.3, 0.4) is 0 Å². The molecule has 7 heteroatoms. The maximum Gasteiger partial charge on any atom is 0.308 e. The third-order valence-electron chi connectivity index (χ3n) is 5.02. The van der Waals surface area contributed by atoms with Crippen molar-refractivity contribution in [2.45, 2.75) is 45.4 Å². The van der Waals surface area contributed by atoms with Crippen LogP contribution in [0.2, 0.25) is 0 Å². The van der Waals surface area contributed by atoms with Crippen LogP contribution < -0.4 is 10.1 Å². The van der Waals surface area contributed by atoms with E-state index >= 15 is 0 Å². The number of piperidine rings is 1. The second-order valence-corrected chi connectivity index (χ2v) is 7.80. The van der Waals surface area contributed by atoms with Crippen LogP contribution in [0.4, 0.5) is 0 Å². The minimum absolute atomic E-state index is 0.0135. The summed E-state index contributed by atoms with van der Waals surface area (Å²) in [6, 6.07) is 7.90. The van der Waals surface area contributed by atoms with Crippen molar-refractivity contribution in [2.75, 3.05) is 46.5 Å². The molecule has 1 aromatic carbocycles. The first kappa shape index (κ1) is 23.6. The molecule has 1 aliphatic rings. The minimum Gasteiger partial charge on any atom is -0.491 e. The number of likely N-dealkylation sites (tertiary alicyclic amines) is 1. The van der Waals surface area contributed by atoms with E-state index in [0.29, 0.717) is 13.2 Å². The molecule has 1 aliphatic heterocycles. The second-order valence-electron chi connectivity index (χ2n) is 7.80. The molecule has 2 rings (SSSR count). The van der Waals surface area contributed by atoms with Gasteiger partial charge in [-0.2, -0.15) is 0 Å². The van der Waals surface area contributed by atoms with Gasteiger partial charge >= 0.3 is 5.97 Å². The molecule has 1 aromatic rings. The predicted molar refractivity (Wildman–Crippen MR) is 112 cm³/mol. The zero-order chi connectivity index (χ0) is 21.1. The highest BCUT2D eigenvalue weighted by molar-refractivity contribution is 5.72. The van der Waals surface area contributed by atoms with Gasteiger partial charge < -0.3 is 29.5 Å². The average molecular weight is 409 g/mol. The van der Waals surface area contributed by atoms with Gasteiger partial charge in [-0.3, -0.25) is 4.79 Å². The zero-order valence-corrected chi connectivity index (χ0v) is 17.9. The molecular formula is C22H36N2O5. The molecule has 1 unspecified atom stereocenters. The Labute approximate surface area is 174 Å². The number of nitrogens with one attached hydrogen (secondary N) is 1. The highest BCUT2D eigenvalue weighted by Gasteiger charge is 2.26. The normalized spacial score (nSPS) is 16.7. The van der Waals surface area contributed by atoms with Gasteiger partial charge in [0.25, 0.3) is 0 Å². The minimum atomic E-state index is -0.563. The quantitative estimate of drug-likeness (QED) is 0.403. The van der Waals surface area contributed by atoms with Crippen LogP contribution in [0, 0.1) is 5.92 Å². The van der Waals surface area contributed by atoms with E-state index in [9.17, 15) is 9.90 Å². The highest BCUT2D eigenvalue weighted by Crippen LogP contribution is 2.19. The van der Waals surface area contributed by atoms with E-state index in [4.69, 9.17) is 14.2 Å². The number of benzene rings is 1. The lowest BCUT2D eigenvalue weighted by atomic mass is 9.97. The Hall–Kier alpha value is -1.67. The number of nitrogens with zero attached hydrogens (tertiary/aromatic N) is 1. The Balaban J connectivity index is 1.61. The van der Waals surface area contributed by atoms with Gasteiger partial charge in [0, 0.05) is 19.6 Å². The molecule has 1 heterocycles. The molecule has 1 atom stereocenters. The molecular weight excluding hydrogens is 372 g/mol. The fourth-order valence-corrected chi connectivity index (χ4v) is 3.36. The molecule has 0 amide bonds. The molecule has 0 radical (unpaired) electrons. The Morgan fingerprint density at radius 3 is 2.55 bits per heavy atom. The number of ether oxygens (including phenoxy) is 3. The SMILES string of the molecule is COC(=O)C1CCN(CC(O)COc2ccc(CNCCOC(C)C)cc2)CC1. The van der Waals surface area contributed by atoms with Crippen molar-refractivity contribution in [3.63, 3.8) is 0 Å². The van der Waals surface area contributed by atoms with Gasteiger partial charge in [-0.1, -0.05) is 12.1 Å². The van der Waals surface area contributed by atoms with Crippen molar-refractivity contribution >= 4 is 5.97 Å². The highest BCUT2D eigenvalue weighted by atomic mass is 16.5. The molecule has 1 fully saturated rings. The van der Waals surface area contributed by atoms with Gasteiger partial charge in [0.05, 0.1) is 25.7 Å². The Morgan fingerprint density at radius 1 is 1.24 bits per heavy atom. The van der Waals surface area contributed by atoms with Crippen molar-refractivity contribution in [3.05, 3.63) is 29.8 Å². The Morgan fingerprint density at radius 2 is 1.93 bits per heavy atom. The number of carbonyl (C=O) groups is 1. The smallest absolute Gasteiger partial charge is 0.308 e. The first-order valence-corrected chi connectivity index (χ1v) is 10.5. The molecule has 2 N–H and O–H groups in total. The lowest BCUT2D eigenvalue weighted by Gasteiger charge is -2.31. The fourth-order valence-electron chi connectivity index (χ4n) is 3.36. The fraction of sp³-hybridized carbons (Fsp3) is 0.682. The standard InChI is InChI=1S/C22H36N2O5/c1-17(2)28-13-10-23-14-18-4-6-21(7-5-18)29-16-20(25)15-24-11-8-19(9-12-24)22(26)27-3/h4-7,17,19-20,23,25H,8-16H2,1-3H3. The molecule has 0 aromatic heterocycles. The van der Waals surface area contributed by atoms with Crippen LogP contribution in [0.15, 0.2) is 24.3 Å². The van der Waals surface area contributed by atoms with E-state index in [2.05, 4.69) is 10.2 Å². The molecule has 0 spiro atoms. The van der Waals surface area contributed by atoms with Crippen LogP contribution in [0.25, 0.3) is 0 Å². The van der Waals surface area contributed by atoms with Gasteiger partial charge in [-0.05, 0) is 57.5 Å². The summed E-state index contributed by atoms with van der Waals surface area (Å²) in [5.74, 6) is 0.608. The van der Waals surface area contributed by atoms with E-state index in [1.165, 1.54) is 12.7 Å². The molecule has 0 bridgehead atoms. The number of methoxy groups -OCH3 is 1. The maximum absolute atomic E-state index is 11.6. The number of β-amino-alcohol motifs (C(OH)–C–C–N with tert-alkyl or cyclic N) is 1. The first-order valence-electron chi connectivity index (χ1n) is 10.5. The van der Waals surface area contributed by atoms with Crippen LogP contribution >= 0.6 is 0 Å². The zero-order valence-electron chi connectivity index (χ0n) is 17.9. The molecule has 29 heavy (non-hydrogen) atoms. The number of hydrogen-bond acceptors (Lipinski definition) is 7. The summed E-state index contributed by atoms with van der Waals surface area (Å²) in [6.07, 6.45) is 1.25. The van der Waals surface area contributed by atoms with Crippen molar-refractivity contribution in [1.82, 2.24) is 10.2 Å². The Kier molecular flexibility index (Phi) is 10.4. The molecule has 0 aliphatic carbocycles. The monoisotopic (exact) mass is 408 g/mol. The van der Waals surface area contributed by atoms with Gasteiger partial charge in [-0.15, -0.1) is 0 Å². The number of esters is 1. The molecule has 1 saturated heterocycles. The summed E-state index contributed by atoms with van der Waals surface area (Å²) >= 11 is 0. The summed E-state index contributed by atoms with van der Waals surface area (Å²) in [6.45, 7) is 8.75. The number of hydrogen-bond donors (Lipinski definition) is 2. The topological polar surface area (TPSA) is 80.3 Å². The third kappa shape index (κ3) is 9.12. The van der Waals surface area contributed by atoms with E-state index in [1.807, 2.05) is 38.1 Å². The van der Waals surface area contributed by atoms with E-state index in [0.717, 1.165) is 44.8 Å². The van der Waals surface area contributed by atoms with Crippen molar-refractivity contribution in [3.8, 4) is 5.75 Å². The van der Waals surface area contributed by atoms with Crippen molar-refractivity contribution in [1.29, 1.82) is 0 Å². The number of carbonyl (C=O) groups excluding carboxylic acids is 1. The number of aliphatic hydroxyl groups excluding tert-OH is 1. The molecule has 0 saturated carbocycles. The van der Waals surface area contributed by atoms with E-state index in [1.54, 1.807) is 0 Å². The number of rotatable bonds is 12. The summed E-state index contributed by atoms with van der Waals surface area (Å²) in [4.78, 5) is 13.7. The van der Waals surface area contributed by atoms with Gasteiger partial charge in [0.15, 0.2) is 0 Å². The van der Waals surface area contributed by atoms with Gasteiger partial charge in [0.2, 0.25) is 0 Å². The first-order chi connectivity index (χ1) is 14.0. The molecule has 164 valence electrons. The van der Waals surface area contributed by atoms with E-state index < -0.39 is 6.10 Å². The third-order valence-corrected chi connectivity index (χ3v) is 5.02. The Bertz CT molecular complexity index is 585. The van der Waals surface area contributed by atoms with Crippen molar-refractivity contribution in [2.24, 2.45) is 5.92 Å². The summed E-state index contributed by atoms with van der Waals surface area (Å²) in [5.41, 5.74) is 1.18. The summed E-state index contributed by atoms with van der Waals surface area (Å²) in [7, 11) is 1.43. The lowest BCUT2D eigenvalue weighted by Crippen LogP contribution is -2.42. The van der Waals surface area contributed by atoms with Gasteiger partial charge in [0.1, 0.15) is 18.5 Å². The lowest BCUT2D eigenvalue weighted by molar-refractivity contribution is -0.147. The predicted octanol–water partition coefficient (Wildman–Crippen LogP) is 1.83. The van der Waals surface area contributed by atoms with Crippen molar-refractivity contribution < 1.29 is 24.1 Å². The second kappa shape index (κ2) is 12.8. The largest absolute Gasteiger partial charge is 0.491 e. The molecule has 7 nitrogen and oxygen atoms in total. The number of aliphatic hydroxyl groups is 1. The van der Waals surface area contributed by atoms with Crippen LogP contribution in [0.1, 0.15) is 32.3 Å². The maximum atomic E-state index is 11.6. The average Bonchev–Trinajstić information content (AvgIpc) is 2.72. The van der Waals surface area contributed by atoms with Crippen LogP contribution in [-0.4, -0.2) is 74.7 Å². The van der Waals surface area contributed by atoms with Crippen LogP contribution in [-0.2, 0) is 20.8 Å². The summed E-state index contributed by atoms with van der Waals surface area (Å²) in [5, 5.41) is 13.6. The van der Waals surface area contributed by atoms with Gasteiger partial charge in [-0.25, -0.2) is 0 Å².